The van der Waals surface area contributed by atoms with Crippen molar-refractivity contribution >= 4 is 10.9 Å². The van der Waals surface area contributed by atoms with Crippen molar-refractivity contribution in [2.75, 3.05) is 7.05 Å². The Balaban J connectivity index is 2.13. The van der Waals surface area contributed by atoms with Gasteiger partial charge in [0.25, 0.3) is 0 Å². The molecule has 0 spiro atoms. The number of aromatic nitrogens is 2. The highest BCUT2D eigenvalue weighted by Crippen LogP contribution is 2.20. The fourth-order valence-electron chi connectivity index (χ4n) is 2.34. The smallest absolute Gasteiger partial charge is 0.0703 e. The molecule has 0 saturated carbocycles. The quantitative estimate of drug-likeness (QED) is 0.848. The van der Waals surface area contributed by atoms with Gasteiger partial charge in [-0.25, -0.2) is 0 Å². The molecule has 3 heteroatoms. The minimum atomic E-state index is 0.588. The van der Waals surface area contributed by atoms with Gasteiger partial charge in [-0.3, -0.25) is 4.68 Å². The molecular formula is C15H23N3. The minimum absolute atomic E-state index is 0.588. The second-order valence-corrected chi connectivity index (χ2v) is 4.86. The molecule has 1 unspecified atom stereocenters. The van der Waals surface area contributed by atoms with Crippen molar-refractivity contribution in [3.05, 3.63) is 30.0 Å². The van der Waals surface area contributed by atoms with E-state index in [1.807, 2.05) is 7.05 Å². The van der Waals surface area contributed by atoms with E-state index in [4.69, 9.17) is 5.10 Å². The van der Waals surface area contributed by atoms with E-state index >= 15 is 0 Å². The Morgan fingerprint density at radius 2 is 2.11 bits per heavy atom. The van der Waals surface area contributed by atoms with Crippen LogP contribution in [0.2, 0.25) is 0 Å². The summed E-state index contributed by atoms with van der Waals surface area (Å²) < 4.78 is 2.10. The zero-order chi connectivity index (χ0) is 13.0. The maximum Gasteiger partial charge on any atom is 0.0703 e. The summed E-state index contributed by atoms with van der Waals surface area (Å²) in [6.07, 6.45) is 3.45. The first kappa shape index (κ1) is 13.1. The van der Waals surface area contributed by atoms with E-state index in [1.54, 1.807) is 0 Å². The topological polar surface area (TPSA) is 29.9 Å². The molecule has 18 heavy (non-hydrogen) atoms. The number of nitrogens with one attached hydrogen (secondary N) is 1. The summed E-state index contributed by atoms with van der Waals surface area (Å²) >= 11 is 0. The number of para-hydroxylation sites is 1. The van der Waals surface area contributed by atoms with Crippen molar-refractivity contribution in [3.8, 4) is 0 Å². The van der Waals surface area contributed by atoms with Crippen molar-refractivity contribution in [2.24, 2.45) is 0 Å². The number of fused-ring (bicyclic) bond motifs is 1. The molecule has 1 heterocycles. The number of benzene rings is 1. The van der Waals surface area contributed by atoms with Crippen molar-refractivity contribution in [1.29, 1.82) is 0 Å². The van der Waals surface area contributed by atoms with Gasteiger partial charge < -0.3 is 5.32 Å². The van der Waals surface area contributed by atoms with E-state index in [0.29, 0.717) is 6.04 Å². The Morgan fingerprint density at radius 1 is 1.33 bits per heavy atom. The molecule has 0 aliphatic heterocycles. The lowest BCUT2D eigenvalue weighted by atomic mass is 10.1. The van der Waals surface area contributed by atoms with Crippen LogP contribution in [0.5, 0.6) is 0 Å². The normalized spacial score (nSPS) is 13.1. The Bertz CT molecular complexity index is 501. The second kappa shape index (κ2) is 6.01. The number of rotatable bonds is 6. The fourth-order valence-corrected chi connectivity index (χ4v) is 2.34. The minimum Gasteiger partial charge on any atom is -0.317 e. The number of hydrogen-bond donors (Lipinski definition) is 1. The molecule has 0 aliphatic carbocycles. The van der Waals surface area contributed by atoms with Crippen LogP contribution in [0.4, 0.5) is 0 Å². The molecule has 0 saturated heterocycles. The van der Waals surface area contributed by atoms with Gasteiger partial charge >= 0.3 is 0 Å². The summed E-state index contributed by atoms with van der Waals surface area (Å²) in [6, 6.07) is 9.12. The van der Waals surface area contributed by atoms with Gasteiger partial charge in [0.05, 0.1) is 11.2 Å². The van der Waals surface area contributed by atoms with Gasteiger partial charge in [0, 0.05) is 18.0 Å². The molecule has 1 atom stereocenters. The van der Waals surface area contributed by atoms with Crippen molar-refractivity contribution in [2.45, 2.75) is 45.7 Å². The fraction of sp³-hybridized carbons (Fsp3) is 0.533. The van der Waals surface area contributed by atoms with E-state index in [-0.39, 0.29) is 0 Å². The predicted molar refractivity (Wildman–Crippen MR) is 76.9 cm³/mol. The van der Waals surface area contributed by atoms with E-state index < -0.39 is 0 Å². The Hall–Kier alpha value is -1.35. The highest BCUT2D eigenvalue weighted by atomic mass is 15.3. The summed E-state index contributed by atoms with van der Waals surface area (Å²) in [5, 5.41) is 9.32. The molecule has 0 aliphatic rings. The Morgan fingerprint density at radius 3 is 2.83 bits per heavy atom. The van der Waals surface area contributed by atoms with Gasteiger partial charge in [-0.15, -0.1) is 0 Å². The molecule has 0 amide bonds. The summed E-state index contributed by atoms with van der Waals surface area (Å²) in [5.41, 5.74) is 2.51. The van der Waals surface area contributed by atoms with Gasteiger partial charge in [0.1, 0.15) is 0 Å². The van der Waals surface area contributed by atoms with Gasteiger partial charge in [0.2, 0.25) is 0 Å². The number of hydrogen-bond acceptors (Lipinski definition) is 2. The lowest BCUT2D eigenvalue weighted by molar-refractivity contribution is 0.537. The van der Waals surface area contributed by atoms with Crippen molar-refractivity contribution in [1.82, 2.24) is 15.1 Å². The van der Waals surface area contributed by atoms with Crippen molar-refractivity contribution < 1.29 is 0 Å². The Labute approximate surface area is 109 Å². The first-order valence-electron chi connectivity index (χ1n) is 6.88. The molecule has 1 aromatic heterocycles. The largest absolute Gasteiger partial charge is 0.317 e. The number of aryl methyl sites for hydroxylation is 2. The third-order valence-corrected chi connectivity index (χ3v) is 3.58. The SMILES string of the molecule is CCn1nc(CCCC(C)NC)c2ccccc21. The van der Waals surface area contributed by atoms with Gasteiger partial charge in [-0.05, 0) is 46.2 Å². The van der Waals surface area contributed by atoms with Crippen molar-refractivity contribution in [3.63, 3.8) is 0 Å². The van der Waals surface area contributed by atoms with Crippen LogP contribution in [0.25, 0.3) is 10.9 Å². The summed E-state index contributed by atoms with van der Waals surface area (Å²) in [4.78, 5) is 0. The monoisotopic (exact) mass is 245 g/mol. The maximum absolute atomic E-state index is 4.73. The van der Waals surface area contributed by atoms with Crippen LogP contribution in [-0.2, 0) is 13.0 Å². The van der Waals surface area contributed by atoms with Gasteiger partial charge in [-0.2, -0.15) is 5.10 Å². The van der Waals surface area contributed by atoms with Crippen LogP contribution in [0.1, 0.15) is 32.4 Å². The van der Waals surface area contributed by atoms with Crippen LogP contribution < -0.4 is 5.32 Å². The highest BCUT2D eigenvalue weighted by molar-refractivity contribution is 5.81. The molecule has 2 rings (SSSR count). The highest BCUT2D eigenvalue weighted by Gasteiger charge is 2.09. The standard InChI is InChI=1S/C15H23N3/c1-4-18-15-11-6-5-9-13(15)14(17-18)10-7-8-12(2)16-3/h5-6,9,11-12,16H,4,7-8,10H2,1-3H3. The molecule has 98 valence electrons. The Kier molecular flexibility index (Phi) is 4.37. The van der Waals surface area contributed by atoms with E-state index in [1.165, 1.54) is 29.4 Å². The van der Waals surface area contributed by atoms with E-state index in [2.05, 4.69) is 48.1 Å². The predicted octanol–water partition coefficient (Wildman–Crippen LogP) is 2.99. The van der Waals surface area contributed by atoms with E-state index in [0.717, 1.165) is 13.0 Å². The van der Waals surface area contributed by atoms with Gasteiger partial charge in [-0.1, -0.05) is 18.2 Å². The molecule has 1 N–H and O–H groups in total. The maximum atomic E-state index is 4.73. The lowest BCUT2D eigenvalue weighted by Crippen LogP contribution is -2.20. The molecule has 0 fully saturated rings. The molecule has 3 nitrogen and oxygen atoms in total. The van der Waals surface area contributed by atoms with Crippen LogP contribution in [0, 0.1) is 0 Å². The average Bonchev–Trinajstić information content (AvgIpc) is 2.77. The summed E-state index contributed by atoms with van der Waals surface area (Å²) in [6.45, 7) is 5.31. The van der Waals surface area contributed by atoms with Crippen LogP contribution in [0.3, 0.4) is 0 Å². The zero-order valence-electron chi connectivity index (χ0n) is 11.6. The summed E-state index contributed by atoms with van der Waals surface area (Å²) in [5.74, 6) is 0. The summed E-state index contributed by atoms with van der Waals surface area (Å²) in [7, 11) is 2.02. The molecule has 0 radical (unpaired) electrons. The van der Waals surface area contributed by atoms with Crippen LogP contribution in [0.15, 0.2) is 24.3 Å². The third-order valence-electron chi connectivity index (χ3n) is 3.58. The second-order valence-electron chi connectivity index (χ2n) is 4.86. The lowest BCUT2D eigenvalue weighted by Gasteiger charge is -2.08. The third kappa shape index (κ3) is 2.72. The van der Waals surface area contributed by atoms with E-state index in [9.17, 15) is 0 Å². The molecule has 1 aromatic carbocycles. The van der Waals surface area contributed by atoms with Gasteiger partial charge in [0.15, 0.2) is 0 Å². The molecule has 0 bridgehead atoms. The van der Waals surface area contributed by atoms with Crippen LogP contribution in [-0.4, -0.2) is 22.9 Å². The van der Waals surface area contributed by atoms with Crippen LogP contribution >= 0.6 is 0 Å². The zero-order valence-corrected chi connectivity index (χ0v) is 11.6. The molecule has 2 aromatic rings. The number of nitrogens with zero attached hydrogens (tertiary/aromatic N) is 2. The first-order valence-corrected chi connectivity index (χ1v) is 6.88. The first-order chi connectivity index (χ1) is 8.76. The average molecular weight is 245 g/mol. The molecular weight excluding hydrogens is 222 g/mol.